The number of hydrogen-bond acceptors (Lipinski definition) is 2. The van der Waals surface area contributed by atoms with Gasteiger partial charge < -0.3 is 15.4 Å². The van der Waals surface area contributed by atoms with Crippen molar-refractivity contribution in [2.24, 2.45) is 0 Å². The number of carbonyl (C=O) groups excluding carboxylic acids is 1. The Balaban J connectivity index is 1.58. The van der Waals surface area contributed by atoms with Gasteiger partial charge >= 0.3 is 0 Å². The number of aliphatic hydroxyl groups excluding tert-OH is 1. The van der Waals surface area contributed by atoms with Crippen molar-refractivity contribution in [2.75, 3.05) is 6.61 Å². The zero-order valence-corrected chi connectivity index (χ0v) is 12.8. The Morgan fingerprint density at radius 3 is 2.74 bits per heavy atom. The molecule has 3 aromatic rings. The van der Waals surface area contributed by atoms with Gasteiger partial charge in [0, 0.05) is 18.1 Å². The fourth-order valence-electron chi connectivity index (χ4n) is 2.70. The lowest BCUT2D eigenvalue weighted by atomic mass is 10.1. The monoisotopic (exact) mass is 308 g/mol. The predicted octanol–water partition coefficient (Wildman–Crippen LogP) is 2.95. The number of benzene rings is 2. The number of aromatic amines is 1. The van der Waals surface area contributed by atoms with E-state index in [-0.39, 0.29) is 18.6 Å². The molecule has 1 heterocycles. The van der Waals surface area contributed by atoms with E-state index in [0.29, 0.717) is 12.8 Å². The number of amides is 1. The Hall–Kier alpha value is -2.59. The van der Waals surface area contributed by atoms with Gasteiger partial charge in [-0.2, -0.15) is 0 Å². The van der Waals surface area contributed by atoms with Crippen LogP contribution in [0, 0.1) is 0 Å². The van der Waals surface area contributed by atoms with E-state index in [4.69, 9.17) is 0 Å². The van der Waals surface area contributed by atoms with Gasteiger partial charge in [0.25, 0.3) is 0 Å². The summed E-state index contributed by atoms with van der Waals surface area (Å²) in [6.45, 7) is -0.106. The van der Waals surface area contributed by atoms with Crippen molar-refractivity contribution in [3.05, 3.63) is 71.9 Å². The molecule has 0 aliphatic rings. The first-order valence-corrected chi connectivity index (χ1v) is 7.77. The molecule has 0 radical (unpaired) electrons. The van der Waals surface area contributed by atoms with E-state index in [1.165, 1.54) is 0 Å². The molecule has 118 valence electrons. The number of nitrogens with one attached hydrogen (secondary N) is 2. The molecule has 0 fully saturated rings. The molecule has 0 aliphatic heterocycles. The highest BCUT2D eigenvalue weighted by Crippen LogP contribution is 2.16. The summed E-state index contributed by atoms with van der Waals surface area (Å²) in [5.74, 6) is -0.0536. The van der Waals surface area contributed by atoms with E-state index in [9.17, 15) is 9.90 Å². The normalized spacial score (nSPS) is 12.2. The Bertz CT molecular complexity index is 780. The molecule has 1 atom stereocenters. The van der Waals surface area contributed by atoms with Gasteiger partial charge in [-0.15, -0.1) is 0 Å². The molecule has 4 heteroatoms. The minimum atomic E-state index is -0.351. The summed E-state index contributed by atoms with van der Waals surface area (Å²) in [6, 6.07) is 17.4. The molecule has 4 nitrogen and oxygen atoms in total. The zero-order valence-electron chi connectivity index (χ0n) is 12.8. The zero-order chi connectivity index (χ0) is 16.1. The Morgan fingerprint density at radius 2 is 1.96 bits per heavy atom. The third-order valence-electron chi connectivity index (χ3n) is 3.98. The van der Waals surface area contributed by atoms with Crippen LogP contribution in [-0.2, 0) is 11.2 Å². The van der Waals surface area contributed by atoms with Crippen molar-refractivity contribution in [3.63, 3.8) is 0 Å². The molecule has 0 unspecified atom stereocenters. The van der Waals surface area contributed by atoms with Crippen molar-refractivity contribution in [2.45, 2.75) is 18.9 Å². The number of H-pyrrole nitrogens is 1. The smallest absolute Gasteiger partial charge is 0.220 e. The topological polar surface area (TPSA) is 65.1 Å². The van der Waals surface area contributed by atoms with E-state index in [2.05, 4.69) is 16.4 Å². The third kappa shape index (κ3) is 3.79. The number of aliphatic hydroxyl groups is 1. The largest absolute Gasteiger partial charge is 0.394 e. The maximum absolute atomic E-state index is 12.1. The minimum Gasteiger partial charge on any atom is -0.394 e. The summed E-state index contributed by atoms with van der Waals surface area (Å²) >= 11 is 0. The molecule has 3 rings (SSSR count). The maximum Gasteiger partial charge on any atom is 0.220 e. The highest BCUT2D eigenvalue weighted by molar-refractivity contribution is 5.80. The molecule has 0 aliphatic carbocycles. The molecular weight excluding hydrogens is 288 g/mol. The van der Waals surface area contributed by atoms with Crippen molar-refractivity contribution in [1.29, 1.82) is 0 Å². The fraction of sp³-hybridized carbons (Fsp3) is 0.211. The van der Waals surface area contributed by atoms with Crippen LogP contribution in [-0.4, -0.2) is 22.6 Å². The van der Waals surface area contributed by atoms with E-state index in [1.54, 1.807) is 0 Å². The van der Waals surface area contributed by atoms with Crippen LogP contribution >= 0.6 is 0 Å². The number of aromatic nitrogens is 1. The summed E-state index contributed by atoms with van der Waals surface area (Å²) in [5.41, 5.74) is 3.15. The van der Waals surface area contributed by atoms with Crippen molar-refractivity contribution >= 4 is 16.8 Å². The second kappa shape index (κ2) is 7.11. The molecule has 1 amide bonds. The van der Waals surface area contributed by atoms with Crippen LogP contribution in [0.1, 0.15) is 23.6 Å². The summed E-state index contributed by atoms with van der Waals surface area (Å²) in [4.78, 5) is 15.3. The summed E-state index contributed by atoms with van der Waals surface area (Å²) in [6.07, 6.45) is 2.99. The second-order valence-electron chi connectivity index (χ2n) is 5.61. The lowest BCUT2D eigenvalue weighted by Gasteiger charge is -2.16. The first kappa shape index (κ1) is 15.3. The molecule has 0 saturated heterocycles. The predicted molar refractivity (Wildman–Crippen MR) is 91.0 cm³/mol. The highest BCUT2D eigenvalue weighted by Gasteiger charge is 2.13. The molecule has 23 heavy (non-hydrogen) atoms. The lowest BCUT2D eigenvalue weighted by Crippen LogP contribution is -2.30. The Morgan fingerprint density at radius 1 is 1.13 bits per heavy atom. The average molecular weight is 308 g/mol. The van der Waals surface area contributed by atoms with Crippen LogP contribution in [0.15, 0.2) is 60.8 Å². The van der Waals surface area contributed by atoms with Gasteiger partial charge in [-0.3, -0.25) is 4.79 Å². The van der Waals surface area contributed by atoms with Crippen molar-refractivity contribution < 1.29 is 9.90 Å². The SMILES string of the molecule is O=C(CCc1ccc2[nH]ccc2c1)N[C@H](CO)c1ccccc1. The molecule has 0 saturated carbocycles. The third-order valence-corrected chi connectivity index (χ3v) is 3.98. The first-order valence-electron chi connectivity index (χ1n) is 7.77. The molecule has 1 aromatic heterocycles. The molecule has 3 N–H and O–H groups in total. The van der Waals surface area contributed by atoms with Gasteiger partial charge in [-0.1, -0.05) is 36.4 Å². The molecule has 2 aromatic carbocycles. The quantitative estimate of drug-likeness (QED) is 0.655. The van der Waals surface area contributed by atoms with Gasteiger partial charge in [0.1, 0.15) is 0 Å². The van der Waals surface area contributed by atoms with Gasteiger partial charge in [0.15, 0.2) is 0 Å². The van der Waals surface area contributed by atoms with Gasteiger partial charge in [-0.25, -0.2) is 0 Å². The van der Waals surface area contributed by atoms with Crippen LogP contribution in [0.5, 0.6) is 0 Å². The molecular formula is C19H20N2O2. The fourth-order valence-corrected chi connectivity index (χ4v) is 2.70. The number of carbonyl (C=O) groups is 1. The van der Waals surface area contributed by atoms with Crippen LogP contribution in [0.25, 0.3) is 10.9 Å². The minimum absolute atomic E-state index is 0.0536. The summed E-state index contributed by atoms with van der Waals surface area (Å²) in [7, 11) is 0. The Labute approximate surface area is 135 Å². The average Bonchev–Trinajstić information content (AvgIpc) is 3.06. The van der Waals surface area contributed by atoms with E-state index in [0.717, 1.165) is 22.0 Å². The van der Waals surface area contributed by atoms with Crippen molar-refractivity contribution in [1.82, 2.24) is 10.3 Å². The Kier molecular flexibility index (Phi) is 4.74. The van der Waals surface area contributed by atoms with Gasteiger partial charge in [0.2, 0.25) is 5.91 Å². The maximum atomic E-state index is 12.1. The lowest BCUT2D eigenvalue weighted by molar-refractivity contribution is -0.122. The van der Waals surface area contributed by atoms with Crippen LogP contribution in [0.2, 0.25) is 0 Å². The van der Waals surface area contributed by atoms with Crippen LogP contribution < -0.4 is 5.32 Å². The van der Waals surface area contributed by atoms with Crippen LogP contribution in [0.4, 0.5) is 0 Å². The molecule has 0 spiro atoms. The van der Waals surface area contributed by atoms with Gasteiger partial charge in [-0.05, 0) is 41.1 Å². The van der Waals surface area contributed by atoms with E-state index in [1.807, 2.05) is 54.7 Å². The standard InChI is InChI=1S/C19H20N2O2/c22-13-18(15-4-2-1-3-5-15)21-19(23)9-7-14-6-8-17-16(12-14)10-11-20-17/h1-6,8,10-12,18,20,22H,7,9,13H2,(H,21,23)/t18-/m1/s1. The van der Waals surface area contributed by atoms with E-state index >= 15 is 0 Å². The highest BCUT2D eigenvalue weighted by atomic mass is 16.3. The number of rotatable bonds is 6. The van der Waals surface area contributed by atoms with Gasteiger partial charge in [0.05, 0.1) is 12.6 Å². The summed E-state index contributed by atoms with van der Waals surface area (Å²) in [5, 5.41) is 13.5. The van der Waals surface area contributed by atoms with E-state index < -0.39 is 0 Å². The number of hydrogen-bond donors (Lipinski definition) is 3. The number of fused-ring (bicyclic) bond motifs is 1. The number of aryl methyl sites for hydroxylation is 1. The summed E-state index contributed by atoms with van der Waals surface area (Å²) < 4.78 is 0. The first-order chi connectivity index (χ1) is 11.3. The second-order valence-corrected chi connectivity index (χ2v) is 5.61. The molecule has 0 bridgehead atoms. The van der Waals surface area contributed by atoms with Crippen LogP contribution in [0.3, 0.4) is 0 Å². The van der Waals surface area contributed by atoms with Crippen molar-refractivity contribution in [3.8, 4) is 0 Å².